The molecule has 0 unspecified atom stereocenters. The third kappa shape index (κ3) is 3.87. The van der Waals surface area contributed by atoms with E-state index in [9.17, 15) is 9.59 Å². The molecule has 11 heavy (non-hydrogen) atoms. The normalized spacial score (nSPS) is 7.91. The summed E-state index contributed by atoms with van der Waals surface area (Å²) < 4.78 is 4.35. The number of hydrogen-bond donors (Lipinski definition) is 0. The molecule has 0 aromatic heterocycles. The maximum atomic E-state index is 10.5. The van der Waals surface area contributed by atoms with E-state index in [1.54, 1.807) is 6.07 Å². The minimum atomic E-state index is -0.980. The Morgan fingerprint density at radius 3 is 2.73 bits per heavy atom. The summed E-state index contributed by atoms with van der Waals surface area (Å²) in [5, 5.41) is 8.01. The lowest BCUT2D eigenvalue weighted by atomic mass is 10.3. The Labute approximate surface area is 64.1 Å². The molecule has 0 aromatic rings. The second-order valence-electron chi connectivity index (χ2n) is 1.65. The molecular formula is C7H7NO3. The zero-order valence-electron chi connectivity index (χ0n) is 5.87. The van der Waals surface area contributed by atoms with Crippen molar-refractivity contribution in [3.8, 4) is 6.07 Å². The molecule has 0 amide bonds. The second-order valence-corrected chi connectivity index (χ2v) is 1.65. The molecule has 0 fully saturated rings. The molecule has 58 valence electrons. The number of rotatable bonds is 4. The molecule has 4 nitrogen and oxygen atoms in total. The summed E-state index contributed by atoms with van der Waals surface area (Å²) in [6.45, 7) is 3.28. The van der Waals surface area contributed by atoms with Gasteiger partial charge in [-0.3, -0.25) is 4.79 Å². The van der Waals surface area contributed by atoms with E-state index in [0.717, 1.165) is 0 Å². The predicted molar refractivity (Wildman–Crippen MR) is 36.4 cm³/mol. The van der Waals surface area contributed by atoms with E-state index < -0.39 is 18.2 Å². The van der Waals surface area contributed by atoms with Gasteiger partial charge in [0.25, 0.3) is 5.78 Å². The van der Waals surface area contributed by atoms with E-state index in [-0.39, 0.29) is 6.61 Å². The van der Waals surface area contributed by atoms with Gasteiger partial charge in [0.05, 0.1) is 6.07 Å². The SMILES string of the molecule is C=CCOC(=O)C(=O)CC#N. The van der Waals surface area contributed by atoms with Crippen LogP contribution in [0, 0.1) is 11.3 Å². The van der Waals surface area contributed by atoms with Crippen molar-refractivity contribution < 1.29 is 14.3 Å². The quantitative estimate of drug-likeness (QED) is 0.328. The molecule has 0 spiro atoms. The van der Waals surface area contributed by atoms with Crippen LogP contribution in [0.4, 0.5) is 0 Å². The molecule has 0 aromatic carbocycles. The highest BCUT2D eigenvalue weighted by Gasteiger charge is 2.13. The maximum absolute atomic E-state index is 10.5. The van der Waals surface area contributed by atoms with Crippen LogP contribution in [0.15, 0.2) is 12.7 Å². The van der Waals surface area contributed by atoms with Crippen molar-refractivity contribution in [1.29, 1.82) is 5.26 Å². The van der Waals surface area contributed by atoms with Crippen LogP contribution in [0.2, 0.25) is 0 Å². The van der Waals surface area contributed by atoms with Crippen LogP contribution in [0.25, 0.3) is 0 Å². The Balaban J connectivity index is 3.75. The van der Waals surface area contributed by atoms with Gasteiger partial charge in [-0.1, -0.05) is 12.7 Å². The van der Waals surface area contributed by atoms with Crippen LogP contribution >= 0.6 is 0 Å². The highest BCUT2D eigenvalue weighted by Crippen LogP contribution is 1.86. The van der Waals surface area contributed by atoms with Gasteiger partial charge >= 0.3 is 5.97 Å². The lowest BCUT2D eigenvalue weighted by molar-refractivity contribution is -0.152. The average Bonchev–Trinajstić information content (AvgIpc) is 2.00. The first-order valence-electron chi connectivity index (χ1n) is 2.90. The Kier molecular flexibility index (Phi) is 4.41. The molecule has 0 aliphatic heterocycles. The average molecular weight is 153 g/mol. The van der Waals surface area contributed by atoms with Crippen LogP contribution in [0.1, 0.15) is 6.42 Å². The van der Waals surface area contributed by atoms with Gasteiger partial charge in [0.1, 0.15) is 13.0 Å². The smallest absolute Gasteiger partial charge is 0.376 e. The number of nitrogens with zero attached hydrogens (tertiary/aromatic N) is 1. The molecule has 0 aliphatic rings. The topological polar surface area (TPSA) is 67.2 Å². The number of esters is 1. The minimum absolute atomic E-state index is 0.00397. The molecule has 0 saturated carbocycles. The van der Waals surface area contributed by atoms with Gasteiger partial charge in [-0.2, -0.15) is 5.26 Å². The van der Waals surface area contributed by atoms with E-state index in [4.69, 9.17) is 5.26 Å². The largest absolute Gasteiger partial charge is 0.456 e. The van der Waals surface area contributed by atoms with Gasteiger partial charge in [-0.25, -0.2) is 4.79 Å². The second kappa shape index (κ2) is 5.18. The number of carbonyl (C=O) groups excluding carboxylic acids is 2. The minimum Gasteiger partial charge on any atom is -0.456 e. The van der Waals surface area contributed by atoms with E-state index in [1.165, 1.54) is 6.08 Å². The molecule has 4 heteroatoms. The van der Waals surface area contributed by atoms with Crippen LogP contribution in [0.5, 0.6) is 0 Å². The molecular weight excluding hydrogens is 146 g/mol. The third-order valence-electron chi connectivity index (χ3n) is 0.800. The van der Waals surface area contributed by atoms with Gasteiger partial charge in [0, 0.05) is 0 Å². The van der Waals surface area contributed by atoms with Crippen molar-refractivity contribution in [2.24, 2.45) is 0 Å². The van der Waals surface area contributed by atoms with E-state index in [2.05, 4.69) is 11.3 Å². The van der Waals surface area contributed by atoms with Gasteiger partial charge in [-0.15, -0.1) is 0 Å². The molecule has 0 N–H and O–H groups in total. The van der Waals surface area contributed by atoms with Crippen LogP contribution in [-0.2, 0) is 14.3 Å². The van der Waals surface area contributed by atoms with Crippen LogP contribution < -0.4 is 0 Å². The zero-order chi connectivity index (χ0) is 8.69. The molecule has 0 bridgehead atoms. The number of hydrogen-bond acceptors (Lipinski definition) is 4. The Morgan fingerprint density at radius 2 is 2.27 bits per heavy atom. The fourth-order valence-electron chi connectivity index (χ4n) is 0.359. The van der Waals surface area contributed by atoms with Gasteiger partial charge in [0.15, 0.2) is 0 Å². The first-order chi connectivity index (χ1) is 5.22. The van der Waals surface area contributed by atoms with Crippen molar-refractivity contribution in [2.75, 3.05) is 6.61 Å². The summed E-state index contributed by atoms with van der Waals surface area (Å²) in [5.74, 6) is -1.80. The van der Waals surface area contributed by atoms with Crippen LogP contribution in [0.3, 0.4) is 0 Å². The fourth-order valence-corrected chi connectivity index (χ4v) is 0.359. The van der Waals surface area contributed by atoms with Gasteiger partial charge in [-0.05, 0) is 0 Å². The fraction of sp³-hybridized carbons (Fsp3) is 0.286. The molecule has 0 atom stereocenters. The number of ketones is 1. The third-order valence-corrected chi connectivity index (χ3v) is 0.800. The molecule has 0 saturated heterocycles. The van der Waals surface area contributed by atoms with E-state index in [0.29, 0.717) is 0 Å². The molecule has 0 heterocycles. The maximum Gasteiger partial charge on any atom is 0.376 e. The summed E-state index contributed by atoms with van der Waals surface area (Å²) in [7, 11) is 0. The van der Waals surface area contributed by atoms with Crippen LogP contribution in [-0.4, -0.2) is 18.4 Å². The number of Topliss-reactive ketones (excluding diaryl/α,β-unsaturated/α-hetero) is 1. The molecule has 0 aliphatic carbocycles. The number of nitriles is 1. The van der Waals surface area contributed by atoms with Gasteiger partial charge in [0.2, 0.25) is 0 Å². The standard InChI is InChI=1S/C7H7NO3/c1-2-5-11-7(10)6(9)3-4-8/h2H,1,3,5H2. The highest BCUT2D eigenvalue weighted by atomic mass is 16.5. The Morgan fingerprint density at radius 1 is 1.64 bits per heavy atom. The van der Waals surface area contributed by atoms with Crippen molar-refractivity contribution in [3.05, 3.63) is 12.7 Å². The Bertz CT molecular complexity index is 214. The van der Waals surface area contributed by atoms with E-state index in [1.807, 2.05) is 0 Å². The van der Waals surface area contributed by atoms with Crippen molar-refractivity contribution in [3.63, 3.8) is 0 Å². The molecule has 0 radical (unpaired) electrons. The number of ether oxygens (including phenoxy) is 1. The van der Waals surface area contributed by atoms with E-state index >= 15 is 0 Å². The Hall–Kier alpha value is -1.63. The summed E-state index contributed by atoms with van der Waals surface area (Å²) in [6, 6.07) is 1.55. The summed E-state index contributed by atoms with van der Waals surface area (Å²) >= 11 is 0. The molecule has 0 rings (SSSR count). The van der Waals surface area contributed by atoms with Crippen molar-refractivity contribution in [1.82, 2.24) is 0 Å². The van der Waals surface area contributed by atoms with Gasteiger partial charge < -0.3 is 4.74 Å². The predicted octanol–water partition coefficient (Wildman–Crippen LogP) is 0.198. The summed E-state index contributed by atoms with van der Waals surface area (Å²) in [4.78, 5) is 21.0. The highest BCUT2D eigenvalue weighted by molar-refractivity contribution is 6.34. The summed E-state index contributed by atoms with van der Waals surface area (Å²) in [5.41, 5.74) is 0. The van der Waals surface area contributed by atoms with Crippen molar-refractivity contribution in [2.45, 2.75) is 6.42 Å². The lowest BCUT2D eigenvalue weighted by Crippen LogP contribution is -2.16. The zero-order valence-corrected chi connectivity index (χ0v) is 5.87. The lowest BCUT2D eigenvalue weighted by Gasteiger charge is -1.95. The first kappa shape index (κ1) is 9.37. The summed E-state index contributed by atoms with van der Waals surface area (Å²) in [6.07, 6.45) is 0.910. The first-order valence-corrected chi connectivity index (χ1v) is 2.90. The number of carbonyl (C=O) groups is 2. The van der Waals surface area contributed by atoms with Crippen molar-refractivity contribution >= 4 is 11.8 Å². The monoisotopic (exact) mass is 153 g/mol.